The van der Waals surface area contributed by atoms with E-state index in [1.165, 1.54) is 0 Å². The van der Waals surface area contributed by atoms with Crippen LogP contribution in [-0.4, -0.2) is 41.9 Å². The monoisotopic (exact) mass is 540 g/mol. The van der Waals surface area contributed by atoms with Gasteiger partial charge in [-0.25, -0.2) is 0 Å². The molecule has 0 aliphatic heterocycles. The summed E-state index contributed by atoms with van der Waals surface area (Å²) in [6, 6.07) is 14.1. The third-order valence-corrected chi connectivity index (χ3v) is 4.73. The predicted octanol–water partition coefficient (Wildman–Crippen LogP) is 5.65. The maximum atomic E-state index is 8.80. The largest absolute Gasteiger partial charge is 0.508 e. The minimum Gasteiger partial charge on any atom is -0.508 e. The molecule has 0 amide bonds. The highest BCUT2D eigenvalue weighted by Crippen LogP contribution is 2.17. The van der Waals surface area contributed by atoms with Gasteiger partial charge in [0.25, 0.3) is 0 Å². The zero-order valence-corrected chi connectivity index (χ0v) is 19.0. The molecule has 0 aliphatic rings. The molecule has 0 fully saturated rings. The van der Waals surface area contributed by atoms with Crippen LogP contribution in [0.5, 0.6) is 23.0 Å². The molecule has 140 valence electrons. The predicted molar refractivity (Wildman–Crippen MR) is 115 cm³/mol. The molecule has 25 heavy (non-hydrogen) atoms. The first-order valence-corrected chi connectivity index (χ1v) is 10.8. The Morgan fingerprint density at radius 1 is 0.680 bits per heavy atom. The van der Waals surface area contributed by atoms with Crippen LogP contribution >= 0.6 is 47.8 Å². The molecule has 0 unspecified atom stereocenters. The highest BCUT2D eigenvalue weighted by atomic mass is 79.9. The first-order chi connectivity index (χ1) is 12.1. The smallest absolute Gasteiger partial charge is 0.119 e. The summed E-state index contributed by atoms with van der Waals surface area (Å²) in [6.45, 7) is 0.687. The third-order valence-electron chi connectivity index (χ3n) is 2.55. The highest BCUT2D eigenvalue weighted by Gasteiger charge is 1.93. The van der Waals surface area contributed by atoms with Gasteiger partial charge in [0.2, 0.25) is 0 Å². The van der Waals surface area contributed by atoms with Gasteiger partial charge in [0.05, 0.1) is 20.8 Å². The van der Waals surface area contributed by atoms with Crippen LogP contribution in [0.15, 0.2) is 48.5 Å². The molecule has 0 heterocycles. The van der Waals surface area contributed by atoms with Crippen LogP contribution in [0.4, 0.5) is 0 Å². The minimum absolute atomic E-state index is 0.260. The number of hydrogen-bond acceptors (Lipinski definition) is 4. The summed E-state index contributed by atoms with van der Waals surface area (Å²) >= 11 is 9.69. The fourth-order valence-electron chi connectivity index (χ4n) is 1.41. The van der Waals surface area contributed by atoms with Crippen LogP contribution in [0, 0.1) is 0 Å². The summed E-state index contributed by atoms with van der Waals surface area (Å²) in [5.41, 5.74) is 0. The van der Waals surface area contributed by atoms with E-state index in [1.54, 1.807) is 38.5 Å². The number of phenols is 1. The average molecular weight is 543 g/mol. The van der Waals surface area contributed by atoms with Gasteiger partial charge in [-0.1, -0.05) is 47.8 Å². The number of phenolic OH excluding ortho intramolecular Hbond substituents is 1. The molecule has 0 radical (unpaired) electrons. The third kappa shape index (κ3) is 13.0. The molecule has 0 atom stereocenters. The quantitative estimate of drug-likeness (QED) is 0.480. The van der Waals surface area contributed by atoms with Crippen molar-refractivity contribution >= 4 is 47.8 Å². The zero-order valence-electron chi connectivity index (χ0n) is 14.3. The summed E-state index contributed by atoms with van der Waals surface area (Å²) in [5, 5.41) is 11.7. The number of rotatable bonds is 6. The Balaban J connectivity index is 0.000000391. The van der Waals surface area contributed by atoms with Crippen LogP contribution < -0.4 is 14.2 Å². The molecule has 4 nitrogen and oxygen atoms in total. The van der Waals surface area contributed by atoms with E-state index in [1.807, 2.05) is 24.3 Å². The molecular weight excluding hydrogens is 520 g/mol. The van der Waals surface area contributed by atoms with Crippen LogP contribution in [0.3, 0.4) is 0 Å². The normalized spacial score (nSPS) is 9.00. The number of halogens is 3. The Morgan fingerprint density at radius 2 is 1.08 bits per heavy atom. The van der Waals surface area contributed by atoms with Crippen molar-refractivity contribution in [2.75, 3.05) is 36.8 Å². The van der Waals surface area contributed by atoms with E-state index in [-0.39, 0.29) is 5.75 Å². The maximum absolute atomic E-state index is 8.80. The van der Waals surface area contributed by atoms with Gasteiger partial charge in [0.1, 0.15) is 23.0 Å². The lowest BCUT2D eigenvalue weighted by molar-refractivity contribution is 0.343. The lowest BCUT2D eigenvalue weighted by Crippen LogP contribution is -1.97. The average Bonchev–Trinajstić information content (AvgIpc) is 2.68. The maximum Gasteiger partial charge on any atom is 0.119 e. The summed E-state index contributed by atoms with van der Waals surface area (Å²) in [5.74, 6) is 2.74. The van der Waals surface area contributed by atoms with E-state index >= 15 is 0 Å². The molecule has 0 bridgehead atoms. The summed E-state index contributed by atoms with van der Waals surface area (Å²) in [6.07, 6.45) is 0. The van der Waals surface area contributed by atoms with Crippen molar-refractivity contribution < 1.29 is 19.3 Å². The first-order valence-electron chi connectivity index (χ1n) is 7.39. The lowest BCUT2D eigenvalue weighted by Gasteiger charge is -2.04. The zero-order chi connectivity index (χ0) is 18.9. The standard InChI is InChI=1S/C9H11BrO2.C7H8O2.C2H4Br2/c1-11-8-2-4-9(5-3-8)12-7-6-10;1-9-7-4-2-6(8)3-5-7;3-1-2-4/h2-5H,6-7H2,1H3;2-5,8H,1H3;1-2H2. The van der Waals surface area contributed by atoms with Crippen molar-refractivity contribution in [2.45, 2.75) is 0 Å². The molecule has 2 rings (SSSR count). The van der Waals surface area contributed by atoms with Crippen molar-refractivity contribution in [2.24, 2.45) is 0 Å². The van der Waals surface area contributed by atoms with Gasteiger partial charge in [0.15, 0.2) is 0 Å². The van der Waals surface area contributed by atoms with Crippen molar-refractivity contribution in [3.8, 4) is 23.0 Å². The molecular formula is C18H23Br3O4. The van der Waals surface area contributed by atoms with Crippen molar-refractivity contribution in [1.82, 2.24) is 0 Å². The SMILES string of the molecule is BrCCBr.COc1ccc(O)cc1.COc1ccc(OCCBr)cc1. The van der Waals surface area contributed by atoms with E-state index in [0.29, 0.717) is 6.61 Å². The number of benzene rings is 2. The Hall–Kier alpha value is -0.920. The molecule has 0 aromatic heterocycles. The van der Waals surface area contributed by atoms with E-state index < -0.39 is 0 Å². The van der Waals surface area contributed by atoms with Gasteiger partial charge in [0, 0.05) is 16.0 Å². The highest BCUT2D eigenvalue weighted by molar-refractivity contribution is 9.12. The van der Waals surface area contributed by atoms with Crippen LogP contribution in [0.2, 0.25) is 0 Å². The topological polar surface area (TPSA) is 47.9 Å². The Labute approximate surface area is 174 Å². The van der Waals surface area contributed by atoms with Crippen LogP contribution in [0.1, 0.15) is 0 Å². The van der Waals surface area contributed by atoms with Gasteiger partial charge in [-0.05, 0) is 48.5 Å². The summed E-state index contributed by atoms with van der Waals surface area (Å²) < 4.78 is 15.2. The lowest BCUT2D eigenvalue weighted by atomic mass is 10.3. The first kappa shape index (κ1) is 24.1. The second-order valence-electron chi connectivity index (χ2n) is 4.29. The Bertz CT molecular complexity index is 531. The number of aromatic hydroxyl groups is 1. The van der Waals surface area contributed by atoms with Crippen molar-refractivity contribution in [3.63, 3.8) is 0 Å². The minimum atomic E-state index is 0.260. The fourth-order valence-corrected chi connectivity index (χ4v) is 1.57. The fraction of sp³-hybridized carbons (Fsp3) is 0.333. The summed E-state index contributed by atoms with van der Waals surface area (Å²) in [4.78, 5) is 0. The number of alkyl halides is 3. The molecule has 2 aromatic rings. The Kier molecular flexibility index (Phi) is 15.9. The second kappa shape index (κ2) is 16.5. The second-order valence-corrected chi connectivity index (χ2v) is 6.67. The van der Waals surface area contributed by atoms with Gasteiger partial charge in [-0.2, -0.15) is 0 Å². The van der Waals surface area contributed by atoms with Gasteiger partial charge < -0.3 is 19.3 Å². The van der Waals surface area contributed by atoms with Gasteiger partial charge in [-0.3, -0.25) is 0 Å². The summed E-state index contributed by atoms with van der Waals surface area (Å²) in [7, 11) is 3.24. The van der Waals surface area contributed by atoms with E-state index in [9.17, 15) is 0 Å². The van der Waals surface area contributed by atoms with Crippen LogP contribution in [0.25, 0.3) is 0 Å². The van der Waals surface area contributed by atoms with E-state index in [0.717, 1.165) is 33.2 Å². The molecule has 0 saturated carbocycles. The molecule has 2 aromatic carbocycles. The molecule has 0 spiro atoms. The Morgan fingerprint density at radius 3 is 1.44 bits per heavy atom. The van der Waals surface area contributed by atoms with Crippen LogP contribution in [-0.2, 0) is 0 Å². The van der Waals surface area contributed by atoms with Gasteiger partial charge in [-0.15, -0.1) is 0 Å². The van der Waals surface area contributed by atoms with Crippen molar-refractivity contribution in [3.05, 3.63) is 48.5 Å². The van der Waals surface area contributed by atoms with E-state index in [4.69, 9.17) is 19.3 Å². The molecule has 7 heteroatoms. The van der Waals surface area contributed by atoms with E-state index in [2.05, 4.69) is 47.8 Å². The molecule has 1 N–H and O–H groups in total. The number of methoxy groups -OCH3 is 2. The molecule has 0 aliphatic carbocycles. The number of hydrogen-bond donors (Lipinski definition) is 1. The number of ether oxygens (including phenoxy) is 3. The van der Waals surface area contributed by atoms with Crippen molar-refractivity contribution in [1.29, 1.82) is 0 Å². The van der Waals surface area contributed by atoms with Gasteiger partial charge >= 0.3 is 0 Å². The molecule has 0 saturated heterocycles.